The molecule has 3 heteroatoms. The van der Waals surface area contributed by atoms with Crippen molar-refractivity contribution in [2.75, 3.05) is 0 Å². The second-order valence-electron chi connectivity index (χ2n) is 0. The Morgan fingerprint density at radius 1 is 0.0862 bits per heavy atom. The van der Waals surface area contributed by atoms with Crippen LogP contribution in [0.4, 0.5) is 0 Å². The molecular weight excluding hydrogens is 742 g/mol. The molecule has 457 valence electrons. The monoisotopic (exact) mass is 963 g/mol. The van der Waals surface area contributed by atoms with Crippen LogP contribution >= 0.6 is 0 Å². The summed E-state index contributed by atoms with van der Waals surface area (Å²) >= 11 is 0. The minimum atomic E-state index is 0. The first-order chi connectivity index (χ1) is 1.00. The third kappa shape index (κ3) is 5030000. The van der Waals surface area contributed by atoms with Crippen LogP contribution in [0, 0.1) is 4.91 Å². The second kappa shape index (κ2) is 5310000. The molecule has 0 aliphatic heterocycles. The van der Waals surface area contributed by atoms with E-state index in [9.17, 15) is 0 Å². The Hall–Kier alpha value is 0.184. The average Bonchev–Trinajstić information content (AvgIpc) is 1.00. The molecule has 0 saturated carbocycles. The molecule has 0 unspecified atom stereocenters. The minimum absolute atomic E-state index is 0. The van der Waals surface area contributed by atoms with Crippen LogP contribution < -0.4 is 0 Å². The number of nitroso groups, excluding NO2 is 1. The summed E-state index contributed by atoms with van der Waals surface area (Å²) in [5.41, 5.74) is 5.75. The normalized spacial score (nSPS) is 0.0690. The van der Waals surface area contributed by atoms with Crippen molar-refractivity contribution in [3.05, 3.63) is 10.5 Å². The van der Waals surface area contributed by atoms with Crippen molar-refractivity contribution in [2.45, 2.75) is 408 Å². The van der Waals surface area contributed by atoms with Crippen LogP contribution in [0.15, 0.2) is 0 Å². The van der Waals surface area contributed by atoms with Crippen LogP contribution in [-0.2, 0) is 18.6 Å². The quantitative estimate of drug-likeness (QED) is 0.238. The Morgan fingerprint density at radius 2 is 0.0862 bits per heavy atom. The first-order valence-electron chi connectivity index (χ1n) is 0.183. The van der Waals surface area contributed by atoms with E-state index < -0.39 is 0 Å². The van der Waals surface area contributed by atoms with Gasteiger partial charge in [-0.2, -0.15) is 0 Å². The molecule has 0 bridgehead atoms. The number of hydrogen-bond donors (Lipinski definition) is 0. The van der Waals surface area contributed by atoms with Gasteiger partial charge in [0.15, 0.2) is 0 Å². The summed E-state index contributed by atoms with van der Waals surface area (Å²) in [5.74, 6) is 0. The molecule has 1 radical (unpaired) electrons. The van der Waals surface area contributed by atoms with Gasteiger partial charge in [-0.3, -0.25) is 0 Å². The zero-order valence-electron chi connectivity index (χ0n) is 1.30. The minimum Gasteiger partial charge on any atom is -0.577 e. The fourth-order valence-corrected chi connectivity index (χ4v) is 0. The van der Waals surface area contributed by atoms with Crippen molar-refractivity contribution in [1.82, 2.24) is 0 Å². The molecule has 0 fully saturated rings. The Kier molecular flexibility index (Phi) is 12400000000. The molecule has 0 aromatic carbocycles. The van der Waals surface area contributed by atoms with E-state index in [1.807, 2.05) is 0 Å². The third-order valence-electron chi connectivity index (χ3n) is 0. The molecule has 0 aliphatic rings. The molecule has 0 heterocycles. The molecule has 0 aromatic heterocycles. The van der Waals surface area contributed by atoms with Crippen LogP contribution in [0.1, 0.15) is 408 Å². The van der Waals surface area contributed by atoms with E-state index in [0.717, 1.165) is 0 Å². The van der Waals surface area contributed by atoms with E-state index >= 15 is 0 Å². The van der Waals surface area contributed by atoms with Gasteiger partial charge in [0.1, 0.15) is 0 Å². The van der Waals surface area contributed by atoms with Gasteiger partial charge in [0.25, 0.3) is 0 Å². The Morgan fingerprint density at radius 3 is 0.0862 bits per heavy atom. The van der Waals surface area contributed by atoms with Crippen molar-refractivity contribution < 1.29 is 18.6 Å². The van der Waals surface area contributed by atoms with Gasteiger partial charge in [-0.05, 0) is 0 Å². The molecule has 0 N–H and O–H groups in total. The van der Waals surface area contributed by atoms with Crippen LogP contribution in [0.3, 0.4) is 0 Å². The molecule has 0 amide bonds. The SMILES string of the molecule is C.C.C.C.C.C.C.C.C.C.C.C.C.C.C.C.C.C.C.C.C.C.C.C.C.C.C.C.C.C.C.C.C.C.C.C.C.C.C.C.C.C.C.C.C.C.C.C.C.C.C.C.C.C.C.[N-]=O.[V]. The summed E-state index contributed by atoms with van der Waals surface area (Å²) in [6.07, 6.45) is 0. The van der Waals surface area contributed by atoms with Gasteiger partial charge in [-0.1, -0.05) is 408 Å². The summed E-state index contributed by atoms with van der Waals surface area (Å²) in [7, 11) is 0. The number of rotatable bonds is 0. The first-order valence-corrected chi connectivity index (χ1v) is 0.183. The van der Waals surface area contributed by atoms with E-state index in [0.29, 0.717) is 0 Å². The molecule has 0 aromatic rings. The average molecular weight is 963 g/mol. The van der Waals surface area contributed by atoms with Crippen LogP contribution in [0.25, 0.3) is 5.59 Å². The van der Waals surface area contributed by atoms with Gasteiger partial charge in [0.05, 0.1) is 0 Å². The summed E-state index contributed by atoms with van der Waals surface area (Å²) in [5, 5.41) is 0. The zero-order chi connectivity index (χ0) is 2.00. The van der Waals surface area contributed by atoms with Gasteiger partial charge >= 0.3 is 0 Å². The summed E-state index contributed by atoms with van der Waals surface area (Å²) in [6, 6.07) is 0. The topological polar surface area (TPSA) is 39.4 Å². The predicted molar refractivity (Wildman–Crippen MR) is 377 cm³/mol. The Labute approximate surface area is 435 Å². The summed E-state index contributed by atoms with van der Waals surface area (Å²) in [4.78, 5) is 7.25. The van der Waals surface area contributed by atoms with Crippen molar-refractivity contribution in [1.29, 1.82) is 0 Å². The van der Waals surface area contributed by atoms with Gasteiger partial charge in [-0.15, -0.1) is 0 Å². The fraction of sp³-hybridized carbons (Fsp3) is 1.00. The molecule has 0 atom stereocenters. The van der Waals surface area contributed by atoms with E-state index in [4.69, 9.17) is 10.5 Å². The molecule has 58 heavy (non-hydrogen) atoms. The fourth-order valence-electron chi connectivity index (χ4n) is 0. The van der Waals surface area contributed by atoms with Gasteiger partial charge < -0.3 is 10.5 Å². The summed E-state index contributed by atoms with van der Waals surface area (Å²) < 4.78 is 0. The maximum absolute atomic E-state index is 7.25. The Bertz CT molecular complexity index is 21.8. The van der Waals surface area contributed by atoms with Crippen molar-refractivity contribution in [2.24, 2.45) is 0 Å². The van der Waals surface area contributed by atoms with E-state index in [1.165, 1.54) is 0 Å². The largest absolute Gasteiger partial charge is 0.577 e. The molecular formula is C55H220NOV-. The third-order valence-corrected chi connectivity index (χ3v) is 0. The van der Waals surface area contributed by atoms with Crippen LogP contribution in [0.2, 0.25) is 0 Å². The van der Waals surface area contributed by atoms with Crippen LogP contribution in [-0.4, -0.2) is 0 Å². The standard InChI is InChI=1S/55CH4.NO.V/c;;;;;;;;;;;;;;;;;;;;;;;;;;;;;;;;;;;;;;;;;;;;;;;;;;;;;;;1-2;/h55*1H4;;/q;;;;;;;;;;;;;;;;;;;;;;;;;;;;;;;;;;;;;;;;;;;;;;;;;;;;;;;-1;. The van der Waals surface area contributed by atoms with Gasteiger partial charge in [0.2, 0.25) is 0 Å². The number of nitrogens with zero attached hydrogens (tertiary/aromatic N) is 1. The van der Waals surface area contributed by atoms with Crippen molar-refractivity contribution in [3.63, 3.8) is 0 Å². The second-order valence-corrected chi connectivity index (χ2v) is 0. The van der Waals surface area contributed by atoms with E-state index in [1.54, 1.807) is 0 Å². The maximum Gasteiger partial charge on any atom is 0 e. The smallest absolute Gasteiger partial charge is 0 e. The zero-order valence-corrected chi connectivity index (χ0v) is 2.70. The summed E-state index contributed by atoms with van der Waals surface area (Å²) in [6.45, 7) is 0. The van der Waals surface area contributed by atoms with Gasteiger partial charge in [-0.25, -0.2) is 0 Å². The van der Waals surface area contributed by atoms with Crippen LogP contribution in [0.5, 0.6) is 0 Å². The van der Waals surface area contributed by atoms with Gasteiger partial charge in [0, 0.05) is 18.6 Å². The molecule has 0 aliphatic carbocycles. The molecule has 0 rings (SSSR count). The predicted octanol–water partition coefficient (Wildman–Crippen LogP) is 35.3. The van der Waals surface area contributed by atoms with E-state index in [-0.39, 0.29) is 427 Å². The molecule has 0 saturated heterocycles. The Balaban J connectivity index is -0.00000000000325. The first kappa shape index (κ1) is 136000. The van der Waals surface area contributed by atoms with Crippen molar-refractivity contribution >= 4 is 0 Å². The van der Waals surface area contributed by atoms with E-state index in [2.05, 4.69) is 0 Å². The molecule has 2 nitrogen and oxygen atoms in total. The number of hydrogen-bond acceptors (Lipinski definition) is 1. The van der Waals surface area contributed by atoms with Crippen molar-refractivity contribution in [3.8, 4) is 0 Å². The maximum atomic E-state index is 7.25. The molecule has 0 spiro atoms.